The van der Waals surface area contributed by atoms with Crippen molar-refractivity contribution in [3.05, 3.63) is 217 Å². The number of aliphatic hydroxyl groups excluding tert-OH is 2. The van der Waals surface area contributed by atoms with E-state index in [2.05, 4.69) is 130 Å². The molecule has 2 aromatic heterocycles. The number of hydrazone groups is 2. The smallest absolute Gasteiger partial charge is 0.0809 e. The molecule has 0 radical (unpaired) electrons. The molecule has 0 amide bonds. The number of benzene rings is 8. The summed E-state index contributed by atoms with van der Waals surface area (Å²) < 4.78 is 4.43. The normalized spacial score (nSPS) is 12.8. The third-order valence-electron chi connectivity index (χ3n) is 11.6. The summed E-state index contributed by atoms with van der Waals surface area (Å²) in [4.78, 5) is 0. The predicted octanol–water partition coefficient (Wildman–Crippen LogP) is 12.4. The maximum absolute atomic E-state index is 11.5. The van der Waals surface area contributed by atoms with Gasteiger partial charge in [0.15, 0.2) is 0 Å². The molecule has 0 spiro atoms. The SMILES string of the molecule is OC(CSCC(O)Cn1c2ccccc2c2cc(/C=N/N(c3ccccc3)c3ccccc3)ccc21)Cn1c2ccccc2c2cc(/C=N/N(c3ccccc3)c3ccccc3)ccc21. The third kappa shape index (κ3) is 9.03. The van der Waals surface area contributed by atoms with Crippen LogP contribution in [0.1, 0.15) is 11.1 Å². The first-order valence-corrected chi connectivity index (χ1v) is 23.1. The van der Waals surface area contributed by atoms with E-state index in [0.717, 1.165) is 77.5 Å². The van der Waals surface area contributed by atoms with Crippen LogP contribution >= 0.6 is 11.8 Å². The van der Waals surface area contributed by atoms with Crippen molar-refractivity contribution < 1.29 is 10.2 Å². The zero-order chi connectivity index (χ0) is 44.0. The van der Waals surface area contributed by atoms with E-state index in [1.54, 1.807) is 11.8 Å². The first kappa shape index (κ1) is 41.6. The van der Waals surface area contributed by atoms with Gasteiger partial charge in [0.25, 0.3) is 0 Å². The molecule has 0 fully saturated rings. The molecular formula is C56H48N6O2S. The van der Waals surface area contributed by atoms with Crippen LogP contribution in [0.5, 0.6) is 0 Å². The molecule has 8 aromatic carbocycles. The molecule has 320 valence electrons. The van der Waals surface area contributed by atoms with E-state index in [-0.39, 0.29) is 0 Å². The van der Waals surface area contributed by atoms with E-state index < -0.39 is 12.2 Å². The van der Waals surface area contributed by atoms with Crippen LogP contribution in [0.3, 0.4) is 0 Å². The van der Waals surface area contributed by atoms with Gasteiger partial charge in [-0.05, 0) is 96.1 Å². The van der Waals surface area contributed by atoms with Gasteiger partial charge in [0.2, 0.25) is 0 Å². The Kier molecular flexibility index (Phi) is 12.2. The Balaban J connectivity index is 0.823. The fourth-order valence-electron chi connectivity index (χ4n) is 8.65. The van der Waals surface area contributed by atoms with Gasteiger partial charge in [0.1, 0.15) is 0 Å². The van der Waals surface area contributed by atoms with E-state index in [9.17, 15) is 10.2 Å². The lowest BCUT2D eigenvalue weighted by atomic mass is 10.1. The first-order valence-electron chi connectivity index (χ1n) is 21.9. The van der Waals surface area contributed by atoms with Gasteiger partial charge in [0, 0.05) is 68.2 Å². The van der Waals surface area contributed by atoms with E-state index in [1.807, 2.05) is 107 Å². The van der Waals surface area contributed by atoms with Crippen molar-refractivity contribution in [1.29, 1.82) is 0 Å². The molecular weight excluding hydrogens is 821 g/mol. The number of aromatic nitrogens is 2. The van der Waals surface area contributed by atoms with Crippen molar-refractivity contribution in [3.63, 3.8) is 0 Å². The Hall–Kier alpha value is -7.43. The van der Waals surface area contributed by atoms with Crippen LogP contribution in [0.4, 0.5) is 22.7 Å². The minimum absolute atomic E-state index is 0.434. The van der Waals surface area contributed by atoms with Crippen molar-refractivity contribution in [1.82, 2.24) is 9.13 Å². The number of aliphatic hydroxyl groups is 2. The summed E-state index contributed by atoms with van der Waals surface area (Å²) in [5, 5.41) is 41.2. The van der Waals surface area contributed by atoms with Gasteiger partial charge in [-0.25, -0.2) is 10.0 Å². The Morgan fingerprint density at radius 2 is 0.723 bits per heavy atom. The molecule has 10 rings (SSSR count). The zero-order valence-corrected chi connectivity index (χ0v) is 36.6. The number of nitrogens with zero attached hydrogens (tertiary/aromatic N) is 6. The fraction of sp³-hybridized carbons (Fsp3) is 0.107. The molecule has 9 heteroatoms. The zero-order valence-electron chi connectivity index (χ0n) is 35.8. The van der Waals surface area contributed by atoms with Crippen molar-refractivity contribution in [2.75, 3.05) is 21.5 Å². The minimum Gasteiger partial charge on any atom is -0.390 e. The monoisotopic (exact) mass is 868 g/mol. The molecule has 2 unspecified atom stereocenters. The van der Waals surface area contributed by atoms with Crippen LogP contribution in [0.2, 0.25) is 0 Å². The fourth-order valence-corrected chi connectivity index (χ4v) is 9.55. The Morgan fingerprint density at radius 1 is 0.400 bits per heavy atom. The lowest BCUT2D eigenvalue weighted by molar-refractivity contribution is 0.176. The lowest BCUT2D eigenvalue weighted by Crippen LogP contribution is -2.22. The van der Waals surface area contributed by atoms with Crippen LogP contribution in [0.15, 0.2) is 216 Å². The number of rotatable bonds is 16. The molecule has 0 aliphatic heterocycles. The Labute approximate surface area is 382 Å². The highest BCUT2D eigenvalue weighted by atomic mass is 32.2. The van der Waals surface area contributed by atoms with Crippen LogP contribution in [-0.4, -0.2) is 55.5 Å². The average Bonchev–Trinajstić information content (AvgIpc) is 3.83. The van der Waals surface area contributed by atoms with E-state index in [1.165, 1.54) is 0 Å². The van der Waals surface area contributed by atoms with Crippen LogP contribution in [-0.2, 0) is 13.1 Å². The minimum atomic E-state index is -0.620. The predicted molar refractivity (Wildman–Crippen MR) is 273 cm³/mol. The van der Waals surface area contributed by atoms with Crippen molar-refractivity contribution in [2.24, 2.45) is 10.2 Å². The second-order valence-corrected chi connectivity index (χ2v) is 17.2. The highest BCUT2D eigenvalue weighted by Crippen LogP contribution is 2.33. The van der Waals surface area contributed by atoms with Gasteiger partial charge < -0.3 is 19.3 Å². The average molecular weight is 869 g/mol. The van der Waals surface area contributed by atoms with Crippen LogP contribution in [0.25, 0.3) is 43.6 Å². The van der Waals surface area contributed by atoms with Gasteiger partial charge >= 0.3 is 0 Å². The second kappa shape index (κ2) is 19.1. The molecule has 0 saturated carbocycles. The highest BCUT2D eigenvalue weighted by molar-refractivity contribution is 7.99. The topological polar surface area (TPSA) is 81.5 Å². The van der Waals surface area contributed by atoms with Gasteiger partial charge in [-0.15, -0.1) is 0 Å². The summed E-state index contributed by atoms with van der Waals surface area (Å²) in [6, 6.07) is 70.1. The van der Waals surface area contributed by atoms with Gasteiger partial charge in [-0.1, -0.05) is 121 Å². The van der Waals surface area contributed by atoms with Crippen LogP contribution < -0.4 is 10.0 Å². The summed E-state index contributed by atoms with van der Waals surface area (Å²) in [7, 11) is 0. The van der Waals surface area contributed by atoms with E-state index >= 15 is 0 Å². The number of anilines is 4. The maximum atomic E-state index is 11.5. The Morgan fingerprint density at radius 3 is 1.09 bits per heavy atom. The van der Waals surface area contributed by atoms with Gasteiger partial charge in [-0.2, -0.15) is 22.0 Å². The standard InChI is InChI=1S/C56H48N6O2S/c63-47(37-59-53-27-15-13-25-49(53)51-33-41(29-31-55(51)59)35-57-61(43-17-5-1-6-18-43)44-19-7-2-8-20-44)39-65-40-48(64)38-60-54-28-16-14-26-50(54)52-34-42(30-32-56(52)60)36-58-62(45-21-9-3-10-22-45)46-23-11-4-12-24-46/h1-36,47-48,63-64H,37-40H2/b57-35+,58-36+. The number of hydrogen-bond acceptors (Lipinski definition) is 7. The lowest BCUT2D eigenvalue weighted by Gasteiger charge is -2.19. The quantitative estimate of drug-likeness (QED) is 0.0747. The van der Waals surface area contributed by atoms with Gasteiger partial charge in [-0.3, -0.25) is 0 Å². The number of thioether (sulfide) groups is 1. The third-order valence-corrected chi connectivity index (χ3v) is 12.9. The molecule has 10 aromatic rings. The van der Waals surface area contributed by atoms with Crippen LogP contribution in [0, 0.1) is 0 Å². The second-order valence-electron chi connectivity index (χ2n) is 16.1. The summed E-state index contributed by atoms with van der Waals surface area (Å²) in [6.07, 6.45) is 2.57. The molecule has 2 heterocycles. The number of fused-ring (bicyclic) bond motifs is 6. The molecule has 2 N–H and O–H groups in total. The molecule has 8 nitrogen and oxygen atoms in total. The summed E-state index contributed by atoms with van der Waals surface area (Å²) in [5.74, 6) is 0.979. The molecule has 2 atom stereocenters. The van der Waals surface area contributed by atoms with E-state index in [4.69, 9.17) is 10.2 Å². The summed E-state index contributed by atoms with van der Waals surface area (Å²) in [5.41, 5.74) is 10.1. The van der Waals surface area contributed by atoms with Crippen molar-refractivity contribution in [3.8, 4) is 0 Å². The highest BCUT2D eigenvalue weighted by Gasteiger charge is 2.18. The van der Waals surface area contributed by atoms with Crippen molar-refractivity contribution >= 4 is 90.6 Å². The first-order chi connectivity index (χ1) is 32.1. The summed E-state index contributed by atoms with van der Waals surface area (Å²) in [6.45, 7) is 0.868. The van der Waals surface area contributed by atoms with Gasteiger partial charge in [0.05, 0.1) is 47.4 Å². The Bertz CT molecular complexity index is 2950. The number of para-hydroxylation sites is 6. The van der Waals surface area contributed by atoms with E-state index in [0.29, 0.717) is 24.6 Å². The summed E-state index contributed by atoms with van der Waals surface area (Å²) >= 11 is 1.58. The molecule has 0 bridgehead atoms. The molecule has 0 aliphatic carbocycles. The molecule has 0 aliphatic rings. The van der Waals surface area contributed by atoms with Crippen molar-refractivity contribution in [2.45, 2.75) is 25.3 Å². The largest absolute Gasteiger partial charge is 0.390 e. The number of hydrogen-bond donors (Lipinski definition) is 2. The molecule has 0 saturated heterocycles. The maximum Gasteiger partial charge on any atom is 0.0809 e. The molecule has 65 heavy (non-hydrogen) atoms.